The maximum Gasteiger partial charge on any atom is 0.255 e. The second kappa shape index (κ2) is 8.61. The number of anilines is 1. The van der Waals surface area contributed by atoms with Gasteiger partial charge in [0.2, 0.25) is 0 Å². The second-order valence-electron chi connectivity index (χ2n) is 9.03. The van der Waals surface area contributed by atoms with Crippen molar-refractivity contribution in [2.45, 2.75) is 41.9 Å². The SMILES string of the molecule is C[C@H]1CC2C[C@@H](S(=O)(=O)c3cc(C(=O)Nc4ccc(F)c(F)c4)ccc3Cl)CC1[C@@]2(O)CO. The maximum atomic E-state index is 13.5. The van der Waals surface area contributed by atoms with E-state index in [1.807, 2.05) is 6.92 Å². The molecule has 2 unspecified atom stereocenters. The van der Waals surface area contributed by atoms with E-state index in [9.17, 15) is 32.2 Å². The Kier molecular flexibility index (Phi) is 6.28. The van der Waals surface area contributed by atoms with Gasteiger partial charge in [0.25, 0.3) is 5.91 Å². The molecule has 0 heterocycles. The first-order valence-corrected chi connectivity index (χ1v) is 12.5. The lowest BCUT2D eigenvalue weighted by Gasteiger charge is -2.41. The average Bonchev–Trinajstić information content (AvgIpc) is 2.89. The van der Waals surface area contributed by atoms with Gasteiger partial charge in [0.1, 0.15) is 0 Å². The highest BCUT2D eigenvalue weighted by atomic mass is 35.5. The highest BCUT2D eigenvalue weighted by Crippen LogP contribution is 2.54. The van der Waals surface area contributed by atoms with Gasteiger partial charge in [-0.1, -0.05) is 18.5 Å². The number of hydrogen-bond donors (Lipinski definition) is 3. The third kappa shape index (κ3) is 4.16. The molecule has 2 fully saturated rings. The second-order valence-corrected chi connectivity index (χ2v) is 11.6. The van der Waals surface area contributed by atoms with Gasteiger partial charge in [0, 0.05) is 17.3 Å². The van der Waals surface area contributed by atoms with Gasteiger partial charge in [-0.05, 0) is 67.3 Å². The van der Waals surface area contributed by atoms with Crippen molar-refractivity contribution in [3.05, 3.63) is 58.6 Å². The summed E-state index contributed by atoms with van der Waals surface area (Å²) in [5, 5.41) is 22.2. The first kappa shape index (κ1) is 24.1. The average molecular weight is 500 g/mol. The molecule has 2 aliphatic rings. The van der Waals surface area contributed by atoms with E-state index < -0.39 is 44.8 Å². The van der Waals surface area contributed by atoms with Crippen molar-refractivity contribution >= 4 is 33.0 Å². The third-order valence-electron chi connectivity index (χ3n) is 7.13. The molecule has 5 atom stereocenters. The normalized spacial score (nSPS) is 29.2. The van der Waals surface area contributed by atoms with Crippen LogP contribution in [0.4, 0.5) is 14.5 Å². The summed E-state index contributed by atoms with van der Waals surface area (Å²) in [6, 6.07) is 6.69. The molecule has 0 aromatic heterocycles. The Morgan fingerprint density at radius 1 is 1.15 bits per heavy atom. The van der Waals surface area contributed by atoms with Crippen molar-refractivity contribution in [1.82, 2.24) is 0 Å². The Labute approximate surface area is 195 Å². The predicted molar refractivity (Wildman–Crippen MR) is 119 cm³/mol. The number of fused-ring (bicyclic) bond motifs is 2. The fourth-order valence-electron chi connectivity index (χ4n) is 5.37. The van der Waals surface area contributed by atoms with Crippen molar-refractivity contribution in [1.29, 1.82) is 0 Å². The molecule has 6 nitrogen and oxygen atoms in total. The number of sulfone groups is 1. The number of rotatable bonds is 5. The molecule has 0 spiro atoms. The number of aliphatic hydroxyl groups is 2. The number of carbonyl (C=O) groups excluding carboxylic acids is 1. The van der Waals surface area contributed by atoms with E-state index in [2.05, 4.69) is 5.32 Å². The van der Waals surface area contributed by atoms with Crippen LogP contribution in [0.3, 0.4) is 0 Å². The Hall–Kier alpha value is -2.07. The fourth-order valence-corrected chi connectivity index (χ4v) is 7.74. The first-order chi connectivity index (χ1) is 15.5. The quantitative estimate of drug-likeness (QED) is 0.580. The molecule has 2 saturated carbocycles. The summed E-state index contributed by atoms with van der Waals surface area (Å²) in [6.07, 6.45) is 0.985. The van der Waals surface area contributed by atoms with E-state index >= 15 is 0 Å². The van der Waals surface area contributed by atoms with Crippen LogP contribution in [0.25, 0.3) is 0 Å². The van der Waals surface area contributed by atoms with E-state index in [0.717, 1.165) is 12.1 Å². The molecular formula is C23H24ClF2NO5S. The molecule has 33 heavy (non-hydrogen) atoms. The number of benzene rings is 2. The third-order valence-corrected chi connectivity index (χ3v) is 9.78. The molecule has 2 aliphatic carbocycles. The summed E-state index contributed by atoms with van der Waals surface area (Å²) in [4.78, 5) is 12.4. The Morgan fingerprint density at radius 3 is 2.52 bits per heavy atom. The van der Waals surface area contributed by atoms with E-state index in [1.54, 1.807) is 0 Å². The Morgan fingerprint density at radius 2 is 1.88 bits per heavy atom. The molecule has 2 aromatic carbocycles. The molecule has 0 radical (unpaired) electrons. The van der Waals surface area contributed by atoms with E-state index in [1.165, 1.54) is 24.3 Å². The van der Waals surface area contributed by atoms with E-state index in [4.69, 9.17) is 11.6 Å². The Balaban J connectivity index is 1.61. The van der Waals surface area contributed by atoms with E-state index in [0.29, 0.717) is 6.42 Å². The molecule has 2 bridgehead atoms. The zero-order valence-electron chi connectivity index (χ0n) is 17.8. The number of halogens is 3. The molecule has 1 amide bonds. The van der Waals surface area contributed by atoms with Gasteiger partial charge in [0.15, 0.2) is 21.5 Å². The molecule has 3 N–H and O–H groups in total. The minimum Gasteiger partial charge on any atom is -0.393 e. The Bertz CT molecular complexity index is 1210. The van der Waals surface area contributed by atoms with Gasteiger partial charge in [0.05, 0.1) is 27.4 Å². The summed E-state index contributed by atoms with van der Waals surface area (Å²) >= 11 is 6.21. The zero-order valence-corrected chi connectivity index (χ0v) is 19.3. The molecule has 0 aliphatic heterocycles. The molecule has 2 aromatic rings. The zero-order chi connectivity index (χ0) is 24.1. The highest BCUT2D eigenvalue weighted by molar-refractivity contribution is 7.92. The minimum absolute atomic E-state index is 0.0123. The van der Waals surface area contributed by atoms with Gasteiger partial charge in [-0.2, -0.15) is 0 Å². The number of aliphatic hydroxyl groups excluding tert-OH is 1. The van der Waals surface area contributed by atoms with Gasteiger partial charge < -0.3 is 15.5 Å². The lowest BCUT2D eigenvalue weighted by atomic mass is 9.74. The molecule has 10 heteroatoms. The topological polar surface area (TPSA) is 104 Å². The van der Waals surface area contributed by atoms with Crippen LogP contribution in [0.2, 0.25) is 5.02 Å². The summed E-state index contributed by atoms with van der Waals surface area (Å²) in [5.41, 5.74) is -1.29. The monoisotopic (exact) mass is 499 g/mol. The molecule has 4 rings (SSSR count). The smallest absolute Gasteiger partial charge is 0.255 e. The van der Waals surface area contributed by atoms with Crippen molar-refractivity contribution in [3.63, 3.8) is 0 Å². The van der Waals surface area contributed by atoms with Gasteiger partial charge in [-0.25, -0.2) is 17.2 Å². The van der Waals surface area contributed by atoms with Crippen LogP contribution >= 0.6 is 11.6 Å². The van der Waals surface area contributed by atoms with Crippen molar-refractivity contribution < 1.29 is 32.2 Å². The van der Waals surface area contributed by atoms with Crippen LogP contribution in [-0.4, -0.2) is 42.0 Å². The van der Waals surface area contributed by atoms with Gasteiger partial charge in [-0.3, -0.25) is 4.79 Å². The lowest BCUT2D eigenvalue weighted by molar-refractivity contribution is -0.0985. The molecular weight excluding hydrogens is 476 g/mol. The van der Waals surface area contributed by atoms with Crippen LogP contribution in [0.5, 0.6) is 0 Å². The van der Waals surface area contributed by atoms with E-state index in [-0.39, 0.29) is 51.8 Å². The van der Waals surface area contributed by atoms with Gasteiger partial charge in [-0.15, -0.1) is 0 Å². The number of carbonyl (C=O) groups is 1. The largest absolute Gasteiger partial charge is 0.393 e. The van der Waals surface area contributed by atoms with Crippen LogP contribution in [0, 0.1) is 29.4 Å². The first-order valence-electron chi connectivity index (χ1n) is 10.6. The van der Waals surface area contributed by atoms with Crippen LogP contribution in [0.1, 0.15) is 36.5 Å². The fraction of sp³-hybridized carbons (Fsp3) is 0.435. The van der Waals surface area contributed by atoms with Gasteiger partial charge >= 0.3 is 0 Å². The lowest BCUT2D eigenvalue weighted by Crippen LogP contribution is -2.51. The maximum absolute atomic E-state index is 13.5. The van der Waals surface area contributed by atoms with Crippen molar-refractivity contribution in [2.75, 3.05) is 11.9 Å². The molecule has 0 saturated heterocycles. The summed E-state index contributed by atoms with van der Waals surface area (Å²) in [7, 11) is -3.96. The number of nitrogens with one attached hydrogen (secondary N) is 1. The van der Waals surface area contributed by atoms with Crippen LogP contribution in [0.15, 0.2) is 41.3 Å². The highest BCUT2D eigenvalue weighted by Gasteiger charge is 2.58. The summed E-state index contributed by atoms with van der Waals surface area (Å²) in [6.45, 7) is 1.52. The van der Waals surface area contributed by atoms with Crippen molar-refractivity contribution in [3.8, 4) is 0 Å². The van der Waals surface area contributed by atoms with Crippen LogP contribution < -0.4 is 5.32 Å². The summed E-state index contributed by atoms with van der Waals surface area (Å²) in [5.74, 6) is -3.54. The number of amides is 1. The summed E-state index contributed by atoms with van der Waals surface area (Å²) < 4.78 is 53.5. The number of hydrogen-bond acceptors (Lipinski definition) is 5. The predicted octanol–water partition coefficient (Wildman–Crippen LogP) is 3.80. The van der Waals surface area contributed by atoms with Crippen molar-refractivity contribution in [2.24, 2.45) is 17.8 Å². The minimum atomic E-state index is -3.96. The van der Waals surface area contributed by atoms with Crippen LogP contribution in [-0.2, 0) is 9.84 Å². The molecule has 178 valence electrons. The standard InChI is InChI=1S/C23H24ClF2NO5S/c1-12-6-14-8-16(10-17(12)23(14,30)11-28)33(31,32)21-7-13(2-4-18(21)24)22(29)27-15-3-5-19(25)20(26)9-15/h2-5,7,9,12,14,16-17,28,30H,6,8,10-11H2,1H3,(H,27,29)/t12-,14?,16+,17?,23+/m0/s1.